The summed E-state index contributed by atoms with van der Waals surface area (Å²) in [5.74, 6) is 0.106. The second-order valence-corrected chi connectivity index (χ2v) is 9.93. The van der Waals surface area contributed by atoms with Crippen LogP contribution in [-0.4, -0.2) is 20.6 Å². The van der Waals surface area contributed by atoms with Crippen LogP contribution in [0.15, 0.2) is 77.7 Å². The Balaban J connectivity index is 1.47. The third-order valence-electron chi connectivity index (χ3n) is 6.19. The summed E-state index contributed by atoms with van der Waals surface area (Å²) < 4.78 is 23.3. The molecule has 4 nitrogen and oxygen atoms in total. The molecule has 29 heavy (non-hydrogen) atoms. The normalized spacial score (nSPS) is 21.9. The largest absolute Gasteiger partial charge is 0.326 e. The van der Waals surface area contributed by atoms with Crippen molar-refractivity contribution in [2.24, 2.45) is 5.92 Å². The van der Waals surface area contributed by atoms with Crippen LogP contribution in [0.25, 0.3) is 0 Å². The van der Waals surface area contributed by atoms with Crippen LogP contribution in [-0.2, 0) is 14.6 Å². The first kappa shape index (κ1) is 18.1. The predicted octanol–water partition coefficient (Wildman–Crippen LogP) is 4.33. The number of anilines is 1. The lowest BCUT2D eigenvalue weighted by molar-refractivity contribution is -0.121. The molecule has 3 aromatic carbocycles. The summed E-state index contributed by atoms with van der Waals surface area (Å²) in [6.07, 6.45) is 1.96. The van der Waals surface area contributed by atoms with E-state index in [0.29, 0.717) is 5.69 Å². The van der Waals surface area contributed by atoms with E-state index in [9.17, 15) is 13.2 Å². The van der Waals surface area contributed by atoms with Crippen LogP contribution in [0, 0.1) is 5.92 Å². The maximum atomic E-state index is 13.2. The Hall–Kier alpha value is -2.92. The topological polar surface area (TPSA) is 63.2 Å². The maximum absolute atomic E-state index is 13.2. The SMILES string of the molecule is CS(=O)(=O)c1ccc(NC(=O)C2CC3c4ccccc4C2c2ccccc23)cc1. The highest BCUT2D eigenvalue weighted by molar-refractivity contribution is 7.90. The first-order valence-electron chi connectivity index (χ1n) is 9.72. The summed E-state index contributed by atoms with van der Waals surface area (Å²) in [6.45, 7) is 0. The van der Waals surface area contributed by atoms with Gasteiger partial charge in [0, 0.05) is 23.8 Å². The van der Waals surface area contributed by atoms with Gasteiger partial charge in [-0.05, 0) is 52.9 Å². The first-order chi connectivity index (χ1) is 13.9. The Kier molecular flexibility index (Phi) is 4.10. The van der Waals surface area contributed by atoms with E-state index in [4.69, 9.17) is 0 Å². The second kappa shape index (κ2) is 6.56. The summed E-state index contributed by atoms with van der Waals surface area (Å²) >= 11 is 0. The molecule has 2 bridgehead atoms. The average molecular weight is 404 g/mol. The van der Waals surface area contributed by atoms with Crippen LogP contribution in [0.3, 0.4) is 0 Å². The zero-order chi connectivity index (χ0) is 20.2. The summed E-state index contributed by atoms with van der Waals surface area (Å²) in [7, 11) is -3.26. The van der Waals surface area contributed by atoms with E-state index in [0.717, 1.165) is 6.42 Å². The summed E-state index contributed by atoms with van der Waals surface area (Å²) in [5.41, 5.74) is 5.77. The van der Waals surface area contributed by atoms with Gasteiger partial charge in [-0.25, -0.2) is 8.42 Å². The molecule has 1 atom stereocenters. The number of fused-ring (bicyclic) bond motifs is 1. The molecule has 0 spiro atoms. The molecule has 3 aromatic rings. The van der Waals surface area contributed by atoms with Crippen molar-refractivity contribution in [1.82, 2.24) is 0 Å². The molecule has 0 aliphatic heterocycles. The lowest BCUT2D eigenvalue weighted by atomic mass is 9.59. The predicted molar refractivity (Wildman–Crippen MR) is 113 cm³/mol. The average Bonchev–Trinajstić information content (AvgIpc) is 2.73. The highest BCUT2D eigenvalue weighted by Gasteiger charge is 2.45. The van der Waals surface area contributed by atoms with Crippen molar-refractivity contribution in [3.05, 3.63) is 95.1 Å². The molecule has 0 saturated heterocycles. The molecule has 0 fully saturated rings. The molecule has 3 aliphatic carbocycles. The van der Waals surface area contributed by atoms with Gasteiger partial charge in [-0.1, -0.05) is 48.5 Å². The van der Waals surface area contributed by atoms with Gasteiger partial charge in [-0.2, -0.15) is 0 Å². The molecule has 6 rings (SSSR count). The van der Waals surface area contributed by atoms with Crippen LogP contribution in [0.2, 0.25) is 0 Å². The highest BCUT2D eigenvalue weighted by atomic mass is 32.2. The van der Waals surface area contributed by atoms with Crippen molar-refractivity contribution in [2.75, 3.05) is 11.6 Å². The van der Waals surface area contributed by atoms with Crippen molar-refractivity contribution in [2.45, 2.75) is 23.2 Å². The molecule has 0 saturated carbocycles. The quantitative estimate of drug-likeness (QED) is 0.708. The number of sulfone groups is 1. The summed E-state index contributed by atoms with van der Waals surface area (Å²) in [6, 6.07) is 23.2. The second-order valence-electron chi connectivity index (χ2n) is 7.92. The first-order valence-corrected chi connectivity index (χ1v) is 11.6. The number of nitrogens with one attached hydrogen (secondary N) is 1. The Labute approximate surface area is 170 Å². The Morgan fingerprint density at radius 2 is 1.34 bits per heavy atom. The molecule has 1 N–H and O–H groups in total. The smallest absolute Gasteiger partial charge is 0.228 e. The van der Waals surface area contributed by atoms with E-state index in [-0.39, 0.29) is 28.6 Å². The Morgan fingerprint density at radius 3 is 1.86 bits per heavy atom. The van der Waals surface area contributed by atoms with Crippen LogP contribution in [0.1, 0.15) is 40.5 Å². The zero-order valence-corrected chi connectivity index (χ0v) is 16.8. The number of hydrogen-bond acceptors (Lipinski definition) is 3. The van der Waals surface area contributed by atoms with Gasteiger partial charge in [0.05, 0.1) is 10.8 Å². The van der Waals surface area contributed by atoms with Crippen LogP contribution >= 0.6 is 0 Å². The fourth-order valence-corrected chi connectivity index (χ4v) is 5.54. The lowest BCUT2D eigenvalue weighted by Gasteiger charge is -2.44. The minimum atomic E-state index is -3.26. The minimum absolute atomic E-state index is 0.0175. The van der Waals surface area contributed by atoms with E-state index in [1.807, 2.05) is 12.1 Å². The van der Waals surface area contributed by atoms with E-state index in [1.54, 1.807) is 12.1 Å². The van der Waals surface area contributed by atoms with Gasteiger partial charge < -0.3 is 5.32 Å². The van der Waals surface area contributed by atoms with Crippen LogP contribution in [0.4, 0.5) is 5.69 Å². The molecule has 146 valence electrons. The highest BCUT2D eigenvalue weighted by Crippen LogP contribution is 2.55. The van der Waals surface area contributed by atoms with E-state index < -0.39 is 9.84 Å². The molecular weight excluding hydrogens is 382 g/mol. The molecule has 0 radical (unpaired) electrons. The number of hydrogen-bond donors (Lipinski definition) is 1. The summed E-state index contributed by atoms with van der Waals surface area (Å²) in [5, 5.41) is 3.00. The molecule has 0 heterocycles. The van der Waals surface area contributed by atoms with E-state index in [2.05, 4.69) is 41.7 Å². The molecule has 5 heteroatoms. The summed E-state index contributed by atoms with van der Waals surface area (Å²) in [4.78, 5) is 13.5. The van der Waals surface area contributed by atoms with Gasteiger partial charge in [0.15, 0.2) is 9.84 Å². The van der Waals surface area contributed by atoms with E-state index >= 15 is 0 Å². The van der Waals surface area contributed by atoms with Gasteiger partial charge in [-0.15, -0.1) is 0 Å². The number of carbonyl (C=O) groups excluding carboxylic acids is 1. The van der Waals surface area contributed by atoms with Crippen molar-refractivity contribution in [3.63, 3.8) is 0 Å². The molecular formula is C24H21NO3S. The van der Waals surface area contributed by atoms with Crippen LogP contribution < -0.4 is 5.32 Å². The standard InChI is InChI=1S/C24H21NO3S/c1-29(27,28)16-12-10-15(11-13-16)25-24(26)22-14-21-17-6-2-4-8-19(17)23(22)20-9-5-3-7-18(20)21/h2-13,21-23H,14H2,1H3,(H,25,26). The fourth-order valence-electron chi connectivity index (χ4n) is 4.91. The van der Waals surface area contributed by atoms with Gasteiger partial charge in [-0.3, -0.25) is 4.79 Å². The van der Waals surface area contributed by atoms with Crippen molar-refractivity contribution >= 4 is 21.4 Å². The lowest BCUT2D eigenvalue weighted by Crippen LogP contribution is -2.38. The monoisotopic (exact) mass is 403 g/mol. The molecule has 3 aliphatic rings. The van der Waals surface area contributed by atoms with Gasteiger partial charge >= 0.3 is 0 Å². The van der Waals surface area contributed by atoms with Crippen molar-refractivity contribution in [1.29, 1.82) is 0 Å². The van der Waals surface area contributed by atoms with Gasteiger partial charge in [0.1, 0.15) is 0 Å². The van der Waals surface area contributed by atoms with Crippen molar-refractivity contribution in [3.8, 4) is 0 Å². The van der Waals surface area contributed by atoms with Gasteiger partial charge in [0.2, 0.25) is 5.91 Å². The number of benzene rings is 3. The Bertz CT molecular complexity index is 1170. The number of amides is 1. The van der Waals surface area contributed by atoms with E-state index in [1.165, 1.54) is 40.6 Å². The molecule has 1 unspecified atom stereocenters. The third-order valence-corrected chi connectivity index (χ3v) is 7.32. The van der Waals surface area contributed by atoms with Crippen molar-refractivity contribution < 1.29 is 13.2 Å². The van der Waals surface area contributed by atoms with Gasteiger partial charge in [0.25, 0.3) is 0 Å². The zero-order valence-electron chi connectivity index (χ0n) is 16.0. The number of carbonyl (C=O) groups is 1. The minimum Gasteiger partial charge on any atom is -0.326 e. The number of rotatable bonds is 3. The third kappa shape index (κ3) is 2.97. The maximum Gasteiger partial charge on any atom is 0.228 e. The molecule has 1 amide bonds. The fraction of sp³-hybridized carbons (Fsp3) is 0.208. The molecule has 0 aromatic heterocycles. The Morgan fingerprint density at radius 1 is 0.828 bits per heavy atom. The van der Waals surface area contributed by atoms with Crippen LogP contribution in [0.5, 0.6) is 0 Å².